The van der Waals surface area contributed by atoms with Crippen molar-refractivity contribution in [1.29, 1.82) is 0 Å². The number of rotatable bonds is 6. The topological polar surface area (TPSA) is 66.4 Å². The van der Waals surface area contributed by atoms with Gasteiger partial charge in [0.05, 0.1) is 5.56 Å². The van der Waals surface area contributed by atoms with E-state index < -0.39 is 5.97 Å². The van der Waals surface area contributed by atoms with Gasteiger partial charge in [-0.3, -0.25) is 4.79 Å². The van der Waals surface area contributed by atoms with Crippen LogP contribution in [0, 0.1) is 5.92 Å². The van der Waals surface area contributed by atoms with Gasteiger partial charge in [-0.1, -0.05) is 26.0 Å². The average molecular weight is 249 g/mol. The standard InChI is InChI=1S/C14H19NO3/c1-3-10(2)13(16)15-8-7-11-5-4-6-12(9-11)14(17)18/h4-6,9-10H,3,7-8H2,1-2H3,(H,15,16)(H,17,18). The molecule has 0 saturated heterocycles. The van der Waals surface area contributed by atoms with Crippen LogP contribution in [0.2, 0.25) is 0 Å². The van der Waals surface area contributed by atoms with Crippen molar-refractivity contribution in [2.24, 2.45) is 5.92 Å². The highest BCUT2D eigenvalue weighted by Gasteiger charge is 2.09. The van der Waals surface area contributed by atoms with Crippen molar-refractivity contribution in [3.63, 3.8) is 0 Å². The number of aromatic carboxylic acids is 1. The minimum Gasteiger partial charge on any atom is -0.478 e. The Hall–Kier alpha value is -1.84. The monoisotopic (exact) mass is 249 g/mol. The summed E-state index contributed by atoms with van der Waals surface area (Å²) >= 11 is 0. The summed E-state index contributed by atoms with van der Waals surface area (Å²) in [4.78, 5) is 22.3. The average Bonchev–Trinajstić information content (AvgIpc) is 2.38. The summed E-state index contributed by atoms with van der Waals surface area (Å²) in [6, 6.07) is 6.78. The second-order valence-corrected chi connectivity index (χ2v) is 4.36. The molecule has 0 aliphatic heterocycles. The smallest absolute Gasteiger partial charge is 0.335 e. The normalized spacial score (nSPS) is 11.9. The van der Waals surface area contributed by atoms with Gasteiger partial charge < -0.3 is 10.4 Å². The molecule has 18 heavy (non-hydrogen) atoms. The van der Waals surface area contributed by atoms with Crippen LogP contribution in [0.4, 0.5) is 0 Å². The number of hydrogen-bond acceptors (Lipinski definition) is 2. The number of carboxylic acids is 1. The van der Waals surface area contributed by atoms with E-state index in [4.69, 9.17) is 5.11 Å². The highest BCUT2D eigenvalue weighted by atomic mass is 16.4. The largest absolute Gasteiger partial charge is 0.478 e. The van der Waals surface area contributed by atoms with Crippen molar-refractivity contribution < 1.29 is 14.7 Å². The van der Waals surface area contributed by atoms with Crippen molar-refractivity contribution >= 4 is 11.9 Å². The molecule has 0 aromatic heterocycles. The summed E-state index contributed by atoms with van der Waals surface area (Å²) in [5.41, 5.74) is 1.19. The molecule has 98 valence electrons. The van der Waals surface area contributed by atoms with Gasteiger partial charge >= 0.3 is 5.97 Å². The molecule has 0 bridgehead atoms. The summed E-state index contributed by atoms with van der Waals surface area (Å²) in [6.45, 7) is 4.40. The van der Waals surface area contributed by atoms with E-state index in [-0.39, 0.29) is 17.4 Å². The molecule has 1 unspecified atom stereocenters. The molecule has 1 rings (SSSR count). The number of carbonyl (C=O) groups excluding carboxylic acids is 1. The second kappa shape index (κ2) is 6.79. The molecular formula is C14H19NO3. The quantitative estimate of drug-likeness (QED) is 0.811. The predicted molar refractivity (Wildman–Crippen MR) is 69.6 cm³/mol. The van der Waals surface area contributed by atoms with Crippen LogP contribution in [0.1, 0.15) is 36.2 Å². The van der Waals surface area contributed by atoms with E-state index in [2.05, 4.69) is 5.32 Å². The zero-order valence-corrected chi connectivity index (χ0v) is 10.8. The molecule has 0 radical (unpaired) electrons. The minimum atomic E-state index is -0.930. The van der Waals surface area contributed by atoms with Gasteiger partial charge in [0, 0.05) is 12.5 Å². The third-order valence-corrected chi connectivity index (χ3v) is 2.95. The van der Waals surface area contributed by atoms with Gasteiger partial charge in [-0.2, -0.15) is 0 Å². The van der Waals surface area contributed by atoms with Crippen LogP contribution in [-0.2, 0) is 11.2 Å². The van der Waals surface area contributed by atoms with Crippen LogP contribution >= 0.6 is 0 Å². The lowest BCUT2D eigenvalue weighted by Crippen LogP contribution is -2.30. The molecule has 0 aliphatic rings. The molecule has 1 amide bonds. The number of amides is 1. The van der Waals surface area contributed by atoms with E-state index in [0.717, 1.165) is 12.0 Å². The molecule has 0 saturated carbocycles. The SMILES string of the molecule is CCC(C)C(=O)NCCc1cccc(C(=O)O)c1. The molecule has 0 heterocycles. The third-order valence-electron chi connectivity index (χ3n) is 2.95. The molecule has 1 aromatic carbocycles. The van der Waals surface area contributed by atoms with Crippen molar-refractivity contribution in [3.8, 4) is 0 Å². The zero-order valence-electron chi connectivity index (χ0n) is 10.8. The van der Waals surface area contributed by atoms with Crippen LogP contribution in [0.25, 0.3) is 0 Å². The summed E-state index contributed by atoms with van der Waals surface area (Å²) < 4.78 is 0. The third kappa shape index (κ3) is 4.20. The van der Waals surface area contributed by atoms with E-state index >= 15 is 0 Å². The number of hydrogen-bond donors (Lipinski definition) is 2. The summed E-state index contributed by atoms with van der Waals surface area (Å²) in [6.07, 6.45) is 1.46. The molecule has 1 atom stereocenters. The van der Waals surface area contributed by atoms with E-state index in [1.807, 2.05) is 19.9 Å². The first-order valence-electron chi connectivity index (χ1n) is 6.14. The van der Waals surface area contributed by atoms with Crippen LogP contribution in [0.5, 0.6) is 0 Å². The Morgan fingerprint density at radius 2 is 2.11 bits per heavy atom. The molecule has 0 fully saturated rings. The molecule has 2 N–H and O–H groups in total. The summed E-state index contributed by atoms with van der Waals surface area (Å²) in [5.74, 6) is -0.859. The van der Waals surface area contributed by atoms with Crippen LogP contribution in [0.15, 0.2) is 24.3 Å². The first-order valence-corrected chi connectivity index (χ1v) is 6.14. The lowest BCUT2D eigenvalue weighted by molar-refractivity contribution is -0.124. The first-order chi connectivity index (χ1) is 8.54. The van der Waals surface area contributed by atoms with Gasteiger partial charge in [0.1, 0.15) is 0 Å². The maximum atomic E-state index is 11.5. The summed E-state index contributed by atoms with van der Waals surface area (Å²) in [7, 11) is 0. The van der Waals surface area contributed by atoms with Crippen molar-refractivity contribution in [2.45, 2.75) is 26.7 Å². The van der Waals surface area contributed by atoms with E-state index in [0.29, 0.717) is 13.0 Å². The fraction of sp³-hybridized carbons (Fsp3) is 0.429. The molecule has 0 spiro atoms. The number of carbonyl (C=O) groups is 2. The fourth-order valence-electron chi connectivity index (χ4n) is 1.55. The van der Waals surface area contributed by atoms with Crippen molar-refractivity contribution in [3.05, 3.63) is 35.4 Å². The Morgan fingerprint density at radius 3 is 2.72 bits per heavy atom. The van der Waals surface area contributed by atoms with Gasteiger partial charge in [-0.05, 0) is 30.5 Å². The van der Waals surface area contributed by atoms with Gasteiger partial charge in [0.2, 0.25) is 5.91 Å². The Bertz CT molecular complexity index is 429. The van der Waals surface area contributed by atoms with Crippen molar-refractivity contribution in [2.75, 3.05) is 6.54 Å². The zero-order chi connectivity index (χ0) is 13.5. The van der Waals surface area contributed by atoms with E-state index in [9.17, 15) is 9.59 Å². The minimum absolute atomic E-state index is 0.0235. The van der Waals surface area contributed by atoms with Gasteiger partial charge in [0.15, 0.2) is 0 Å². The molecule has 4 heteroatoms. The fourth-order valence-corrected chi connectivity index (χ4v) is 1.55. The molecule has 4 nitrogen and oxygen atoms in total. The Morgan fingerprint density at radius 1 is 1.39 bits per heavy atom. The summed E-state index contributed by atoms with van der Waals surface area (Å²) in [5, 5.41) is 11.7. The van der Waals surface area contributed by atoms with Gasteiger partial charge in [0.25, 0.3) is 0 Å². The first kappa shape index (κ1) is 14.2. The molecule has 0 aliphatic carbocycles. The number of carboxylic acid groups (broad SMARTS) is 1. The van der Waals surface area contributed by atoms with Crippen molar-refractivity contribution in [1.82, 2.24) is 5.32 Å². The predicted octanol–water partition coefficient (Wildman–Crippen LogP) is 2.09. The number of benzene rings is 1. The molecular weight excluding hydrogens is 230 g/mol. The Kier molecular flexibility index (Phi) is 5.36. The Labute approximate surface area is 107 Å². The maximum Gasteiger partial charge on any atom is 0.335 e. The lowest BCUT2D eigenvalue weighted by Gasteiger charge is -2.10. The van der Waals surface area contributed by atoms with Crippen LogP contribution in [0.3, 0.4) is 0 Å². The van der Waals surface area contributed by atoms with E-state index in [1.165, 1.54) is 0 Å². The Balaban J connectivity index is 2.47. The molecule has 1 aromatic rings. The second-order valence-electron chi connectivity index (χ2n) is 4.36. The highest BCUT2D eigenvalue weighted by Crippen LogP contribution is 2.06. The lowest BCUT2D eigenvalue weighted by atomic mass is 10.1. The highest BCUT2D eigenvalue weighted by molar-refractivity contribution is 5.87. The maximum absolute atomic E-state index is 11.5. The van der Waals surface area contributed by atoms with Crippen LogP contribution in [-0.4, -0.2) is 23.5 Å². The van der Waals surface area contributed by atoms with E-state index in [1.54, 1.807) is 18.2 Å². The van der Waals surface area contributed by atoms with Gasteiger partial charge in [-0.15, -0.1) is 0 Å². The van der Waals surface area contributed by atoms with Crippen LogP contribution < -0.4 is 5.32 Å². The number of nitrogens with one attached hydrogen (secondary N) is 1. The van der Waals surface area contributed by atoms with Gasteiger partial charge in [-0.25, -0.2) is 4.79 Å².